The highest BCUT2D eigenvalue weighted by molar-refractivity contribution is 9.10. The van der Waals surface area contributed by atoms with Crippen molar-refractivity contribution in [3.05, 3.63) is 63.4 Å². The van der Waals surface area contributed by atoms with Gasteiger partial charge in [-0.15, -0.1) is 11.3 Å². The highest BCUT2D eigenvalue weighted by atomic mass is 79.9. The number of nitrogen functional groups attached to an aromatic ring is 1. The van der Waals surface area contributed by atoms with Crippen LogP contribution >= 0.6 is 27.3 Å². The zero-order valence-electron chi connectivity index (χ0n) is 11.0. The molecule has 0 aliphatic carbocycles. The molecule has 3 aromatic rings. The van der Waals surface area contributed by atoms with Crippen LogP contribution in [-0.4, -0.2) is 5.97 Å². The molecule has 1 heterocycles. The van der Waals surface area contributed by atoms with E-state index in [1.165, 1.54) is 11.3 Å². The van der Waals surface area contributed by atoms with E-state index in [-0.39, 0.29) is 12.6 Å². The number of fused-ring (bicyclic) bond motifs is 1. The molecule has 0 saturated heterocycles. The molecule has 0 aliphatic rings. The largest absolute Gasteiger partial charge is 0.457 e. The van der Waals surface area contributed by atoms with Crippen LogP contribution in [0.2, 0.25) is 0 Å². The lowest BCUT2D eigenvalue weighted by molar-refractivity contribution is 0.0478. The van der Waals surface area contributed by atoms with Gasteiger partial charge in [0.15, 0.2) is 0 Å². The Labute approximate surface area is 134 Å². The van der Waals surface area contributed by atoms with Gasteiger partial charge < -0.3 is 10.5 Å². The zero-order chi connectivity index (χ0) is 14.8. The van der Waals surface area contributed by atoms with E-state index in [0.717, 1.165) is 20.1 Å². The number of benzene rings is 2. The number of carbonyl (C=O) groups excluding carboxylic acids is 1. The molecule has 3 nitrogen and oxygen atoms in total. The standard InChI is InChI=1S/C16H12BrNO2S/c17-13-4-2-1-3-10(13)9-20-16(19)15-8-11-7-12(18)5-6-14(11)21-15/h1-8H,9,18H2. The van der Waals surface area contributed by atoms with E-state index in [1.807, 2.05) is 48.5 Å². The number of thiophene rings is 1. The quantitative estimate of drug-likeness (QED) is 0.547. The van der Waals surface area contributed by atoms with Crippen molar-refractivity contribution >= 4 is 49.0 Å². The van der Waals surface area contributed by atoms with Crippen LogP contribution in [0.15, 0.2) is 53.0 Å². The summed E-state index contributed by atoms with van der Waals surface area (Å²) in [5.41, 5.74) is 7.37. The zero-order valence-corrected chi connectivity index (χ0v) is 13.4. The molecule has 3 rings (SSSR count). The lowest BCUT2D eigenvalue weighted by Gasteiger charge is -2.05. The van der Waals surface area contributed by atoms with E-state index in [0.29, 0.717) is 10.6 Å². The number of anilines is 1. The number of nitrogens with two attached hydrogens (primary N) is 1. The molecular weight excluding hydrogens is 350 g/mol. The number of ether oxygens (including phenoxy) is 1. The van der Waals surface area contributed by atoms with E-state index in [2.05, 4.69) is 15.9 Å². The Morgan fingerprint density at radius 3 is 2.81 bits per heavy atom. The monoisotopic (exact) mass is 361 g/mol. The first-order valence-electron chi connectivity index (χ1n) is 6.33. The Kier molecular flexibility index (Phi) is 3.94. The van der Waals surface area contributed by atoms with Gasteiger partial charge in [0.2, 0.25) is 0 Å². The van der Waals surface area contributed by atoms with Crippen molar-refractivity contribution in [2.75, 3.05) is 5.73 Å². The van der Waals surface area contributed by atoms with Gasteiger partial charge in [-0.3, -0.25) is 0 Å². The Morgan fingerprint density at radius 1 is 1.19 bits per heavy atom. The SMILES string of the molecule is Nc1ccc2sc(C(=O)OCc3ccccc3Br)cc2c1. The summed E-state index contributed by atoms with van der Waals surface area (Å²) in [5, 5.41) is 0.966. The Morgan fingerprint density at radius 2 is 2.00 bits per heavy atom. The third kappa shape index (κ3) is 3.09. The van der Waals surface area contributed by atoms with Crippen LogP contribution in [0.25, 0.3) is 10.1 Å². The number of rotatable bonds is 3. The summed E-state index contributed by atoms with van der Waals surface area (Å²) in [4.78, 5) is 12.7. The number of hydrogen-bond donors (Lipinski definition) is 1. The van der Waals surface area contributed by atoms with Gasteiger partial charge in [-0.1, -0.05) is 34.1 Å². The molecule has 0 bridgehead atoms. The Bertz CT molecular complexity index is 813. The Hall–Kier alpha value is -1.85. The number of esters is 1. The summed E-state index contributed by atoms with van der Waals surface area (Å²) in [6.07, 6.45) is 0. The van der Waals surface area contributed by atoms with Crippen molar-refractivity contribution in [1.29, 1.82) is 0 Å². The van der Waals surface area contributed by atoms with Gasteiger partial charge in [-0.05, 0) is 35.7 Å². The number of carbonyl (C=O) groups is 1. The van der Waals surface area contributed by atoms with Gasteiger partial charge in [0.05, 0.1) is 0 Å². The predicted octanol–water partition coefficient (Wildman–Crippen LogP) is 4.60. The third-order valence-electron chi connectivity index (χ3n) is 3.06. The van der Waals surface area contributed by atoms with E-state index < -0.39 is 0 Å². The summed E-state index contributed by atoms with van der Waals surface area (Å²) in [6, 6.07) is 15.1. The molecule has 0 spiro atoms. The van der Waals surface area contributed by atoms with Crippen LogP contribution in [0.5, 0.6) is 0 Å². The van der Waals surface area contributed by atoms with Crippen LogP contribution in [0.4, 0.5) is 5.69 Å². The minimum atomic E-state index is -0.314. The molecule has 5 heteroatoms. The fraction of sp³-hybridized carbons (Fsp3) is 0.0625. The Balaban J connectivity index is 1.76. The van der Waals surface area contributed by atoms with Crippen LogP contribution in [0.1, 0.15) is 15.2 Å². The molecule has 0 aliphatic heterocycles. The van der Waals surface area contributed by atoms with Crippen LogP contribution in [0.3, 0.4) is 0 Å². The molecule has 1 aromatic heterocycles. The molecule has 0 atom stereocenters. The number of halogens is 1. The van der Waals surface area contributed by atoms with Crippen LogP contribution in [0, 0.1) is 0 Å². The van der Waals surface area contributed by atoms with Crippen molar-refractivity contribution < 1.29 is 9.53 Å². The first-order valence-corrected chi connectivity index (χ1v) is 7.94. The van der Waals surface area contributed by atoms with E-state index in [4.69, 9.17) is 10.5 Å². The molecule has 21 heavy (non-hydrogen) atoms. The van der Waals surface area contributed by atoms with E-state index in [1.54, 1.807) is 0 Å². The molecule has 106 valence electrons. The van der Waals surface area contributed by atoms with Crippen molar-refractivity contribution in [3.8, 4) is 0 Å². The van der Waals surface area contributed by atoms with Crippen molar-refractivity contribution in [1.82, 2.24) is 0 Å². The maximum absolute atomic E-state index is 12.1. The summed E-state index contributed by atoms with van der Waals surface area (Å²) >= 11 is 4.85. The summed E-state index contributed by atoms with van der Waals surface area (Å²) < 4.78 is 7.32. The van der Waals surface area contributed by atoms with Crippen molar-refractivity contribution in [3.63, 3.8) is 0 Å². The number of hydrogen-bond acceptors (Lipinski definition) is 4. The average molecular weight is 362 g/mol. The van der Waals surface area contributed by atoms with Gasteiger partial charge in [-0.2, -0.15) is 0 Å². The third-order valence-corrected chi connectivity index (χ3v) is 4.93. The molecule has 2 N–H and O–H groups in total. The predicted molar refractivity (Wildman–Crippen MR) is 89.5 cm³/mol. The van der Waals surface area contributed by atoms with E-state index >= 15 is 0 Å². The highest BCUT2D eigenvalue weighted by Gasteiger charge is 2.12. The minimum absolute atomic E-state index is 0.247. The maximum Gasteiger partial charge on any atom is 0.348 e. The second kappa shape index (κ2) is 5.87. The lowest BCUT2D eigenvalue weighted by atomic mass is 10.2. The second-order valence-electron chi connectivity index (χ2n) is 4.58. The smallest absolute Gasteiger partial charge is 0.348 e. The summed E-state index contributed by atoms with van der Waals surface area (Å²) in [5.74, 6) is -0.314. The van der Waals surface area contributed by atoms with E-state index in [9.17, 15) is 4.79 Å². The van der Waals surface area contributed by atoms with Gasteiger partial charge in [0, 0.05) is 20.4 Å². The van der Waals surface area contributed by atoms with Gasteiger partial charge in [0.1, 0.15) is 11.5 Å². The lowest BCUT2D eigenvalue weighted by Crippen LogP contribution is -2.03. The average Bonchev–Trinajstić information content (AvgIpc) is 2.89. The fourth-order valence-corrected chi connectivity index (χ4v) is 3.33. The highest BCUT2D eigenvalue weighted by Crippen LogP contribution is 2.28. The van der Waals surface area contributed by atoms with Gasteiger partial charge >= 0.3 is 5.97 Å². The minimum Gasteiger partial charge on any atom is -0.457 e. The maximum atomic E-state index is 12.1. The summed E-state index contributed by atoms with van der Waals surface area (Å²) in [6.45, 7) is 0.247. The molecule has 2 aromatic carbocycles. The van der Waals surface area contributed by atoms with Crippen molar-refractivity contribution in [2.24, 2.45) is 0 Å². The second-order valence-corrected chi connectivity index (χ2v) is 6.51. The topological polar surface area (TPSA) is 52.3 Å². The van der Waals surface area contributed by atoms with Gasteiger partial charge in [0.25, 0.3) is 0 Å². The van der Waals surface area contributed by atoms with Crippen LogP contribution < -0.4 is 5.73 Å². The molecule has 0 unspecified atom stereocenters. The fourth-order valence-electron chi connectivity index (χ4n) is 1.99. The molecule has 0 fully saturated rings. The molecule has 0 radical (unpaired) electrons. The first kappa shape index (κ1) is 14.1. The van der Waals surface area contributed by atoms with Crippen LogP contribution in [-0.2, 0) is 11.3 Å². The molecule has 0 saturated carbocycles. The molecular formula is C16H12BrNO2S. The molecule has 0 amide bonds. The summed E-state index contributed by atoms with van der Waals surface area (Å²) in [7, 11) is 0. The first-order chi connectivity index (χ1) is 10.1. The van der Waals surface area contributed by atoms with Gasteiger partial charge in [-0.25, -0.2) is 4.79 Å². The van der Waals surface area contributed by atoms with Crippen molar-refractivity contribution in [2.45, 2.75) is 6.61 Å². The normalized spacial score (nSPS) is 10.7.